The molecule has 0 spiro atoms. The average Bonchev–Trinajstić information content (AvgIpc) is 2.79. The molecule has 172 valence electrons. The lowest BCUT2D eigenvalue weighted by atomic mass is 9.90. The molecule has 2 aliphatic rings. The van der Waals surface area contributed by atoms with Gasteiger partial charge in [0.2, 0.25) is 0 Å². The van der Waals surface area contributed by atoms with E-state index >= 15 is 0 Å². The molecule has 0 saturated heterocycles. The van der Waals surface area contributed by atoms with Crippen LogP contribution in [0.3, 0.4) is 0 Å². The monoisotopic (exact) mass is 444 g/mol. The second kappa shape index (κ2) is 11.4. The lowest BCUT2D eigenvalue weighted by Gasteiger charge is -2.29. The fourth-order valence-electron chi connectivity index (χ4n) is 4.04. The standard InChI is InChI=1S/C27H32N4O2/c1-4-6-11-23(17-28)21(5-2)14-19(3)29-27(33)31-13-8-12-22-16-24(15-20-9-7-10-20)25(18-32)30-26(22)31/h6,11,14-16,18H,4-5,7-10,12-13H2,1-3H3,(H,29,33)/b11-6+,19-14+,23-21+. The number of aromatic nitrogens is 1. The Kier molecular flexibility index (Phi) is 8.37. The predicted octanol–water partition coefficient (Wildman–Crippen LogP) is 6.02. The number of aryl methyl sites for hydroxylation is 1. The molecule has 33 heavy (non-hydrogen) atoms. The summed E-state index contributed by atoms with van der Waals surface area (Å²) in [6, 6.07) is 3.97. The molecule has 6 nitrogen and oxygen atoms in total. The van der Waals surface area contributed by atoms with Crippen LogP contribution in [0.25, 0.3) is 6.08 Å². The topological polar surface area (TPSA) is 86.1 Å². The smallest absolute Gasteiger partial charge is 0.312 e. The number of aldehydes is 1. The van der Waals surface area contributed by atoms with Crippen molar-refractivity contribution in [1.82, 2.24) is 10.3 Å². The molecule has 1 N–H and O–H groups in total. The van der Waals surface area contributed by atoms with Crippen LogP contribution >= 0.6 is 0 Å². The van der Waals surface area contributed by atoms with Crippen molar-refractivity contribution in [2.24, 2.45) is 0 Å². The second-order valence-corrected chi connectivity index (χ2v) is 8.45. The van der Waals surface area contributed by atoms with E-state index in [-0.39, 0.29) is 6.03 Å². The number of allylic oxidation sites excluding steroid dienone is 7. The largest absolute Gasteiger partial charge is 0.327 e. The molecule has 0 aromatic carbocycles. The van der Waals surface area contributed by atoms with Gasteiger partial charge in [-0.2, -0.15) is 5.26 Å². The maximum Gasteiger partial charge on any atom is 0.327 e. The third kappa shape index (κ3) is 5.87. The summed E-state index contributed by atoms with van der Waals surface area (Å²) in [7, 11) is 0. The van der Waals surface area contributed by atoms with Gasteiger partial charge in [-0.25, -0.2) is 9.78 Å². The first-order valence-corrected chi connectivity index (χ1v) is 11.8. The van der Waals surface area contributed by atoms with E-state index in [1.54, 1.807) is 4.90 Å². The Morgan fingerprint density at radius 1 is 1.27 bits per heavy atom. The van der Waals surface area contributed by atoms with E-state index < -0.39 is 0 Å². The van der Waals surface area contributed by atoms with Gasteiger partial charge in [0.1, 0.15) is 11.5 Å². The number of rotatable bonds is 7. The van der Waals surface area contributed by atoms with Crippen molar-refractivity contribution in [3.63, 3.8) is 0 Å². The lowest BCUT2D eigenvalue weighted by Crippen LogP contribution is -2.43. The molecule has 2 heterocycles. The zero-order chi connectivity index (χ0) is 23.8. The summed E-state index contributed by atoms with van der Waals surface area (Å²) in [4.78, 5) is 31.0. The number of pyridine rings is 1. The number of hydrogen-bond donors (Lipinski definition) is 1. The van der Waals surface area contributed by atoms with Crippen LogP contribution in [0.1, 0.15) is 80.9 Å². The van der Waals surface area contributed by atoms with Gasteiger partial charge in [0, 0.05) is 17.8 Å². The van der Waals surface area contributed by atoms with Crippen LogP contribution in [0, 0.1) is 11.3 Å². The number of anilines is 1. The van der Waals surface area contributed by atoms with E-state index in [0.717, 1.165) is 55.1 Å². The van der Waals surface area contributed by atoms with Gasteiger partial charge >= 0.3 is 6.03 Å². The molecule has 1 aliphatic carbocycles. The van der Waals surface area contributed by atoms with E-state index in [0.29, 0.717) is 35.7 Å². The van der Waals surface area contributed by atoms with Crippen LogP contribution in [0.15, 0.2) is 46.7 Å². The lowest BCUT2D eigenvalue weighted by molar-refractivity contribution is 0.111. The SMILES string of the molecule is CC/C=C/C(C#N)=C(\C=C(/C)NC(=O)N1CCCc2cc(C=C3CCC3)c(C=O)nc21)CC. The zero-order valence-corrected chi connectivity index (χ0v) is 19.8. The summed E-state index contributed by atoms with van der Waals surface area (Å²) in [5.74, 6) is 0.555. The number of amides is 2. The molecule has 1 fully saturated rings. The average molecular weight is 445 g/mol. The summed E-state index contributed by atoms with van der Waals surface area (Å²) >= 11 is 0. The molecule has 0 atom stereocenters. The minimum Gasteiger partial charge on any atom is -0.312 e. The predicted molar refractivity (Wildman–Crippen MR) is 132 cm³/mol. The Hall–Kier alpha value is -3.46. The highest BCUT2D eigenvalue weighted by Crippen LogP contribution is 2.31. The first kappa shape index (κ1) is 24.2. The molecule has 1 aliphatic heterocycles. The Morgan fingerprint density at radius 3 is 2.67 bits per heavy atom. The van der Waals surface area contributed by atoms with Gasteiger partial charge in [0.15, 0.2) is 6.29 Å². The number of carbonyl (C=O) groups is 2. The molecule has 3 rings (SSSR count). The van der Waals surface area contributed by atoms with Gasteiger partial charge in [-0.15, -0.1) is 0 Å². The molecule has 1 aromatic heterocycles. The third-order valence-corrected chi connectivity index (χ3v) is 6.00. The van der Waals surface area contributed by atoms with Crippen molar-refractivity contribution in [2.75, 3.05) is 11.4 Å². The molecule has 1 aromatic rings. The van der Waals surface area contributed by atoms with Crippen LogP contribution in [0.2, 0.25) is 0 Å². The minimum atomic E-state index is -0.280. The third-order valence-electron chi connectivity index (χ3n) is 6.00. The maximum atomic E-state index is 13.1. The highest BCUT2D eigenvalue weighted by atomic mass is 16.2. The number of hydrogen-bond acceptors (Lipinski definition) is 4. The number of fused-ring (bicyclic) bond motifs is 1. The zero-order valence-electron chi connectivity index (χ0n) is 19.8. The Labute approximate surface area is 196 Å². The van der Waals surface area contributed by atoms with Crippen molar-refractivity contribution in [3.05, 3.63) is 63.5 Å². The van der Waals surface area contributed by atoms with E-state index in [9.17, 15) is 14.9 Å². The summed E-state index contributed by atoms with van der Waals surface area (Å²) in [5, 5.41) is 12.4. The summed E-state index contributed by atoms with van der Waals surface area (Å²) in [5.41, 5.74) is 5.67. The van der Waals surface area contributed by atoms with Crippen LogP contribution in [-0.4, -0.2) is 23.8 Å². The van der Waals surface area contributed by atoms with Gasteiger partial charge in [0.25, 0.3) is 0 Å². The summed E-state index contributed by atoms with van der Waals surface area (Å²) in [6.45, 7) is 6.36. The molecule has 0 unspecified atom stereocenters. The van der Waals surface area contributed by atoms with E-state index in [4.69, 9.17) is 0 Å². The Balaban J connectivity index is 1.85. The van der Waals surface area contributed by atoms with Gasteiger partial charge in [-0.1, -0.05) is 31.6 Å². The number of nitriles is 1. The number of nitrogens with zero attached hydrogens (tertiary/aromatic N) is 3. The van der Waals surface area contributed by atoms with Crippen molar-refractivity contribution in [2.45, 2.75) is 65.7 Å². The fourth-order valence-corrected chi connectivity index (χ4v) is 4.04. The first-order chi connectivity index (χ1) is 16.0. The van der Waals surface area contributed by atoms with E-state index in [1.165, 1.54) is 12.0 Å². The molecule has 0 radical (unpaired) electrons. The Bertz CT molecular complexity index is 1080. The highest BCUT2D eigenvalue weighted by Gasteiger charge is 2.26. The van der Waals surface area contributed by atoms with Crippen LogP contribution in [-0.2, 0) is 6.42 Å². The molecule has 1 saturated carbocycles. The Morgan fingerprint density at radius 2 is 2.06 bits per heavy atom. The van der Waals surface area contributed by atoms with E-state index in [1.807, 2.05) is 45.1 Å². The molecule has 0 bridgehead atoms. The van der Waals surface area contributed by atoms with Gasteiger partial charge in [-0.3, -0.25) is 9.69 Å². The number of carbonyl (C=O) groups excluding carboxylic acids is 2. The normalized spacial score (nSPS) is 16.5. The molecule has 2 amide bonds. The van der Waals surface area contributed by atoms with Crippen molar-refractivity contribution in [1.29, 1.82) is 5.26 Å². The molecular weight excluding hydrogens is 412 g/mol. The second-order valence-electron chi connectivity index (χ2n) is 8.45. The van der Waals surface area contributed by atoms with Crippen molar-refractivity contribution >= 4 is 24.2 Å². The molecular formula is C27H32N4O2. The van der Waals surface area contributed by atoms with E-state index in [2.05, 4.69) is 22.4 Å². The highest BCUT2D eigenvalue weighted by molar-refractivity contribution is 5.94. The first-order valence-electron chi connectivity index (χ1n) is 11.8. The fraction of sp³-hybridized carbons (Fsp3) is 0.407. The van der Waals surface area contributed by atoms with Crippen LogP contribution < -0.4 is 10.2 Å². The number of urea groups is 1. The molecule has 6 heteroatoms. The number of nitrogens with one attached hydrogen (secondary N) is 1. The maximum absolute atomic E-state index is 13.1. The van der Waals surface area contributed by atoms with Crippen molar-refractivity contribution < 1.29 is 9.59 Å². The van der Waals surface area contributed by atoms with Crippen LogP contribution in [0.4, 0.5) is 10.6 Å². The quantitative estimate of drug-likeness (QED) is 0.316. The summed E-state index contributed by atoms with van der Waals surface area (Å²) < 4.78 is 0. The summed E-state index contributed by atoms with van der Waals surface area (Å²) in [6.07, 6.45) is 15.0. The van der Waals surface area contributed by atoms with Gasteiger partial charge < -0.3 is 5.32 Å². The van der Waals surface area contributed by atoms with Gasteiger partial charge in [-0.05, 0) is 81.2 Å². The van der Waals surface area contributed by atoms with Crippen LogP contribution in [0.5, 0.6) is 0 Å². The minimum absolute atomic E-state index is 0.280. The van der Waals surface area contributed by atoms with Gasteiger partial charge in [0.05, 0.1) is 11.6 Å². The van der Waals surface area contributed by atoms with Crippen molar-refractivity contribution in [3.8, 4) is 6.07 Å².